The van der Waals surface area contributed by atoms with Crippen molar-refractivity contribution in [3.63, 3.8) is 0 Å². The summed E-state index contributed by atoms with van der Waals surface area (Å²) in [5, 5.41) is 7.77. The van der Waals surface area contributed by atoms with Crippen LogP contribution in [0.3, 0.4) is 0 Å². The summed E-state index contributed by atoms with van der Waals surface area (Å²) in [4.78, 5) is 10.7. The first-order valence-corrected chi connectivity index (χ1v) is 4.93. The maximum absolute atomic E-state index is 10.7. The van der Waals surface area contributed by atoms with E-state index in [1.165, 1.54) is 0 Å². The van der Waals surface area contributed by atoms with Crippen LogP contribution < -0.4 is 4.74 Å². The molecule has 1 aromatic carbocycles. The quantitative estimate of drug-likeness (QED) is 0.810. The highest BCUT2D eigenvalue weighted by molar-refractivity contribution is 6.29. The Labute approximate surface area is 93.6 Å². The van der Waals surface area contributed by atoms with Gasteiger partial charge in [-0.2, -0.15) is 0 Å². The van der Waals surface area contributed by atoms with Gasteiger partial charge in [0.1, 0.15) is 5.75 Å². The number of halogens is 1. The zero-order valence-corrected chi connectivity index (χ0v) is 9.63. The van der Waals surface area contributed by atoms with Crippen LogP contribution >= 0.6 is 11.6 Å². The Bertz CT molecular complexity index is 364. The molecule has 0 aromatic heterocycles. The highest BCUT2D eigenvalue weighted by atomic mass is 35.5. The lowest BCUT2D eigenvalue weighted by Gasteiger charge is -2.12. The number of carboxylic acids is 1. The van der Waals surface area contributed by atoms with Crippen LogP contribution in [-0.4, -0.2) is 18.2 Å². The van der Waals surface area contributed by atoms with Crippen molar-refractivity contribution in [1.82, 2.24) is 0 Å². The van der Waals surface area contributed by atoms with Crippen molar-refractivity contribution in [1.29, 1.82) is 0 Å². The lowest BCUT2D eigenvalue weighted by molar-refractivity contribution is -0.136. The highest BCUT2D eigenvalue weighted by Gasteiger charge is 2.18. The molecular weight excluding hydrogens is 216 g/mol. The van der Waals surface area contributed by atoms with Gasteiger partial charge in [0.15, 0.2) is 5.38 Å². The van der Waals surface area contributed by atoms with E-state index in [1.54, 1.807) is 19.2 Å². The van der Waals surface area contributed by atoms with Gasteiger partial charge in [0, 0.05) is 0 Å². The summed E-state index contributed by atoms with van der Waals surface area (Å²) in [7, 11) is 1.59. The third kappa shape index (κ3) is 2.42. The van der Waals surface area contributed by atoms with Gasteiger partial charge in [0.05, 0.1) is 7.11 Å². The number of ether oxygens (including phenoxy) is 1. The minimum Gasteiger partial charge on any atom is -0.496 e. The Morgan fingerprint density at radius 1 is 1.40 bits per heavy atom. The fourth-order valence-corrected chi connectivity index (χ4v) is 1.72. The molecule has 0 heterocycles. The minimum absolute atomic E-state index is 0.583. The number of carboxylic acid groups (broad SMARTS) is 1. The van der Waals surface area contributed by atoms with Crippen LogP contribution in [0.25, 0.3) is 0 Å². The van der Waals surface area contributed by atoms with Gasteiger partial charge >= 0.3 is 5.97 Å². The number of alkyl halides is 1. The molecule has 1 atom stereocenters. The second-order valence-corrected chi connectivity index (χ2v) is 3.83. The number of benzene rings is 1. The van der Waals surface area contributed by atoms with Gasteiger partial charge in [-0.3, -0.25) is 4.79 Å². The molecule has 3 nitrogen and oxygen atoms in total. The molecule has 0 fully saturated rings. The number of methoxy groups -OCH3 is 1. The lowest BCUT2D eigenvalue weighted by Crippen LogP contribution is -2.06. The van der Waals surface area contributed by atoms with Crippen molar-refractivity contribution in [3.05, 3.63) is 28.8 Å². The number of hydrogen-bond donors (Lipinski definition) is 1. The third-order valence-electron chi connectivity index (χ3n) is 2.20. The van der Waals surface area contributed by atoms with E-state index in [0.717, 1.165) is 16.9 Å². The topological polar surface area (TPSA) is 46.5 Å². The van der Waals surface area contributed by atoms with Crippen molar-refractivity contribution in [2.75, 3.05) is 7.11 Å². The zero-order valence-electron chi connectivity index (χ0n) is 8.87. The van der Waals surface area contributed by atoms with Crippen LogP contribution in [0.2, 0.25) is 0 Å². The van der Waals surface area contributed by atoms with E-state index in [-0.39, 0.29) is 0 Å². The third-order valence-corrected chi connectivity index (χ3v) is 2.63. The van der Waals surface area contributed by atoms with E-state index in [2.05, 4.69) is 0 Å². The fraction of sp³-hybridized carbons (Fsp3) is 0.364. The molecule has 1 rings (SSSR count). The standard InChI is InChI=1S/C11H13ClO3/c1-6-4-8(9(12)11(13)14)5-7(2)10(6)15-3/h4-5,9H,1-3H3,(H,13,14). The predicted octanol–water partition coefficient (Wildman–Crippen LogP) is 2.68. The summed E-state index contributed by atoms with van der Waals surface area (Å²) >= 11 is 5.74. The van der Waals surface area contributed by atoms with Gasteiger partial charge in [-0.05, 0) is 30.5 Å². The molecule has 0 radical (unpaired) electrons. The Morgan fingerprint density at radius 3 is 2.20 bits per heavy atom. The number of hydrogen-bond acceptors (Lipinski definition) is 2. The maximum atomic E-state index is 10.7. The second kappa shape index (κ2) is 4.53. The van der Waals surface area contributed by atoms with E-state index < -0.39 is 11.3 Å². The van der Waals surface area contributed by atoms with E-state index in [4.69, 9.17) is 21.4 Å². The molecule has 1 N–H and O–H groups in total. The summed E-state index contributed by atoms with van der Waals surface area (Å²) in [6, 6.07) is 3.47. The number of carbonyl (C=O) groups is 1. The first kappa shape index (κ1) is 11.9. The molecule has 1 aromatic rings. The van der Waals surface area contributed by atoms with Gasteiger partial charge in [0.2, 0.25) is 0 Å². The van der Waals surface area contributed by atoms with Gasteiger partial charge in [-0.15, -0.1) is 11.6 Å². The van der Waals surface area contributed by atoms with Crippen LogP contribution in [-0.2, 0) is 4.79 Å². The fourth-order valence-electron chi connectivity index (χ4n) is 1.59. The molecule has 0 saturated heterocycles. The normalized spacial score (nSPS) is 12.3. The molecule has 15 heavy (non-hydrogen) atoms. The van der Waals surface area contributed by atoms with Crippen LogP contribution in [0.1, 0.15) is 22.1 Å². The molecule has 1 unspecified atom stereocenters. The molecule has 0 amide bonds. The lowest BCUT2D eigenvalue weighted by atomic mass is 10.0. The molecule has 0 saturated carbocycles. The van der Waals surface area contributed by atoms with Crippen molar-refractivity contribution < 1.29 is 14.6 Å². The van der Waals surface area contributed by atoms with E-state index in [1.807, 2.05) is 13.8 Å². The Balaban J connectivity index is 3.19. The van der Waals surface area contributed by atoms with Gasteiger partial charge < -0.3 is 9.84 Å². The van der Waals surface area contributed by atoms with E-state index >= 15 is 0 Å². The largest absolute Gasteiger partial charge is 0.496 e. The molecule has 0 bridgehead atoms. The minimum atomic E-state index is -1.04. The molecule has 82 valence electrons. The number of rotatable bonds is 3. The first-order chi connectivity index (χ1) is 6.97. The van der Waals surface area contributed by atoms with Crippen LogP contribution in [0.15, 0.2) is 12.1 Å². The molecule has 0 spiro atoms. The van der Waals surface area contributed by atoms with Crippen LogP contribution in [0.4, 0.5) is 0 Å². The summed E-state index contributed by atoms with van der Waals surface area (Å²) in [6.45, 7) is 3.72. The van der Waals surface area contributed by atoms with Gasteiger partial charge in [-0.25, -0.2) is 0 Å². The van der Waals surface area contributed by atoms with E-state index in [0.29, 0.717) is 5.56 Å². The molecule has 0 aliphatic heterocycles. The van der Waals surface area contributed by atoms with Crippen LogP contribution in [0, 0.1) is 13.8 Å². The van der Waals surface area contributed by atoms with E-state index in [9.17, 15) is 4.79 Å². The summed E-state index contributed by atoms with van der Waals surface area (Å²) in [5.41, 5.74) is 2.36. The van der Waals surface area contributed by atoms with Crippen molar-refractivity contribution >= 4 is 17.6 Å². The average molecular weight is 229 g/mol. The second-order valence-electron chi connectivity index (χ2n) is 3.39. The van der Waals surface area contributed by atoms with Gasteiger partial charge in [-0.1, -0.05) is 12.1 Å². The summed E-state index contributed by atoms with van der Waals surface area (Å²) in [6.07, 6.45) is 0. The van der Waals surface area contributed by atoms with Gasteiger partial charge in [0.25, 0.3) is 0 Å². The Hall–Kier alpha value is -1.22. The predicted molar refractivity (Wildman–Crippen MR) is 58.7 cm³/mol. The van der Waals surface area contributed by atoms with Crippen molar-refractivity contribution in [3.8, 4) is 5.75 Å². The van der Waals surface area contributed by atoms with Crippen LogP contribution in [0.5, 0.6) is 5.75 Å². The smallest absolute Gasteiger partial charge is 0.326 e. The number of aryl methyl sites for hydroxylation is 2. The summed E-state index contributed by atoms with van der Waals surface area (Å²) in [5.74, 6) is -0.270. The highest BCUT2D eigenvalue weighted by Crippen LogP contribution is 2.29. The monoisotopic (exact) mass is 228 g/mol. The molecular formula is C11H13ClO3. The molecule has 0 aliphatic rings. The van der Waals surface area contributed by atoms with Crippen molar-refractivity contribution in [2.45, 2.75) is 19.2 Å². The molecule has 0 aliphatic carbocycles. The number of aliphatic carboxylic acids is 1. The SMILES string of the molecule is COc1c(C)cc(C(Cl)C(=O)O)cc1C. The van der Waals surface area contributed by atoms with Crippen molar-refractivity contribution in [2.24, 2.45) is 0 Å². The molecule has 4 heteroatoms. The zero-order chi connectivity index (χ0) is 11.6. The average Bonchev–Trinajstić information content (AvgIpc) is 2.15. The maximum Gasteiger partial charge on any atom is 0.326 e. The Kier molecular flexibility index (Phi) is 3.58. The Morgan fingerprint density at radius 2 is 1.87 bits per heavy atom. The first-order valence-electron chi connectivity index (χ1n) is 4.49. The summed E-state index contributed by atoms with van der Waals surface area (Å²) < 4.78 is 5.18.